The van der Waals surface area contributed by atoms with E-state index >= 15 is 0 Å². The molecule has 4 aliphatic heterocycles. The fraction of sp³-hybridized carbons (Fsp3) is 0.765. The van der Waals surface area contributed by atoms with Crippen LogP contribution in [-0.4, -0.2) is 76.2 Å². The second-order valence-electron chi connectivity index (χ2n) is 5.85. The van der Waals surface area contributed by atoms with Gasteiger partial charge in [-0.15, -0.1) is 0 Å². The van der Waals surface area contributed by atoms with Crippen LogP contribution >= 0.6 is 0 Å². The van der Waals surface area contributed by atoms with Crippen molar-refractivity contribution in [3.05, 3.63) is 0 Å². The number of aliphatic imine (C=N–C) groups is 4. The Balaban J connectivity index is 0.000000146. The van der Waals surface area contributed by atoms with Crippen molar-refractivity contribution in [2.24, 2.45) is 20.0 Å². The summed E-state index contributed by atoms with van der Waals surface area (Å²) in [7, 11) is 0. The summed E-state index contributed by atoms with van der Waals surface area (Å²) in [6, 6.07) is 0. The fourth-order valence-electron chi connectivity index (χ4n) is 2.73. The van der Waals surface area contributed by atoms with Gasteiger partial charge < -0.3 is 18.9 Å². The quantitative estimate of drug-likeness (QED) is 0.698. The lowest BCUT2D eigenvalue weighted by atomic mass is 10.2. The Morgan fingerprint density at radius 2 is 0.800 bits per heavy atom. The first kappa shape index (κ1) is 17.7. The Morgan fingerprint density at radius 3 is 1.08 bits per heavy atom. The highest BCUT2D eigenvalue weighted by atomic mass is 16.5. The third-order valence-electron chi connectivity index (χ3n) is 3.93. The van der Waals surface area contributed by atoms with Gasteiger partial charge in [0, 0.05) is 25.7 Å². The van der Waals surface area contributed by atoms with Crippen LogP contribution in [0.2, 0.25) is 0 Å². The van der Waals surface area contributed by atoms with Gasteiger partial charge in [-0.3, -0.25) is 20.0 Å². The van der Waals surface area contributed by atoms with E-state index in [0.717, 1.165) is 108 Å². The molecule has 0 radical (unpaired) electrons. The van der Waals surface area contributed by atoms with E-state index in [-0.39, 0.29) is 0 Å². The summed E-state index contributed by atoms with van der Waals surface area (Å²) in [5, 5.41) is 0. The Labute approximate surface area is 148 Å². The van der Waals surface area contributed by atoms with E-state index in [9.17, 15) is 0 Å². The van der Waals surface area contributed by atoms with Gasteiger partial charge in [0.15, 0.2) is 23.6 Å². The molecule has 25 heavy (non-hydrogen) atoms. The van der Waals surface area contributed by atoms with Gasteiger partial charge in [-0.1, -0.05) is 0 Å². The zero-order valence-electron chi connectivity index (χ0n) is 14.6. The summed E-state index contributed by atoms with van der Waals surface area (Å²) in [6.07, 6.45) is 4.53. The topological polar surface area (TPSA) is 86.4 Å². The molecule has 4 rings (SSSR count). The van der Waals surface area contributed by atoms with Crippen LogP contribution in [0.5, 0.6) is 0 Å². The van der Waals surface area contributed by atoms with Crippen LogP contribution in [0.3, 0.4) is 0 Å². The predicted molar refractivity (Wildman–Crippen MR) is 96.1 cm³/mol. The van der Waals surface area contributed by atoms with Crippen molar-refractivity contribution in [3.8, 4) is 0 Å². The van der Waals surface area contributed by atoms with Gasteiger partial charge in [0.1, 0.15) is 26.4 Å². The Morgan fingerprint density at radius 1 is 0.480 bits per heavy atom. The first-order chi connectivity index (χ1) is 12.4. The first-order valence-electron chi connectivity index (χ1n) is 9.04. The number of hydrogen-bond acceptors (Lipinski definition) is 8. The second kappa shape index (κ2) is 10.0. The van der Waals surface area contributed by atoms with Gasteiger partial charge in [-0.25, -0.2) is 0 Å². The smallest absolute Gasteiger partial charge is 0.183 e. The molecule has 0 aliphatic carbocycles. The summed E-state index contributed by atoms with van der Waals surface area (Å²) in [4.78, 5) is 16.8. The van der Waals surface area contributed by atoms with E-state index in [1.807, 2.05) is 0 Å². The SMILES string of the molecule is C(CC1=NCCO1)CC1=NCCO1.C1COC(CCC2=NCCO2)=N1. The molecule has 0 N–H and O–H groups in total. The molecule has 8 nitrogen and oxygen atoms in total. The summed E-state index contributed by atoms with van der Waals surface area (Å²) in [5.74, 6) is 3.51. The average molecular weight is 350 g/mol. The maximum Gasteiger partial charge on any atom is 0.183 e. The average Bonchev–Trinajstić information content (AvgIpc) is 3.43. The standard InChI is InChI=1S/C9H14N2O2.C8H12N2O2/c1(2-8-10-4-6-12-8)3-9-11-5-7-13-9;1(7-9-3-5-11-7)2-8-10-4-6-12-8/h1-7H2;1-6H2. The summed E-state index contributed by atoms with van der Waals surface area (Å²) in [5.41, 5.74) is 0. The minimum atomic E-state index is 0.739. The van der Waals surface area contributed by atoms with Crippen molar-refractivity contribution in [2.45, 2.75) is 32.1 Å². The Kier molecular flexibility index (Phi) is 7.08. The summed E-state index contributed by atoms with van der Waals surface area (Å²) < 4.78 is 21.1. The molecule has 0 aromatic carbocycles. The summed E-state index contributed by atoms with van der Waals surface area (Å²) >= 11 is 0. The van der Waals surface area contributed by atoms with Gasteiger partial charge in [0.05, 0.1) is 26.2 Å². The highest BCUT2D eigenvalue weighted by Crippen LogP contribution is 2.08. The van der Waals surface area contributed by atoms with E-state index in [4.69, 9.17) is 18.9 Å². The fourth-order valence-corrected chi connectivity index (χ4v) is 2.73. The maximum atomic E-state index is 5.29. The largest absolute Gasteiger partial charge is 0.479 e. The van der Waals surface area contributed by atoms with Gasteiger partial charge in [-0.05, 0) is 6.42 Å². The van der Waals surface area contributed by atoms with Crippen LogP contribution in [0.1, 0.15) is 32.1 Å². The molecule has 0 spiro atoms. The molecule has 0 unspecified atom stereocenters. The van der Waals surface area contributed by atoms with E-state index in [0.29, 0.717) is 0 Å². The Bertz CT molecular complexity index is 509. The molecule has 0 atom stereocenters. The molecule has 0 saturated carbocycles. The number of ether oxygens (including phenoxy) is 4. The van der Waals surface area contributed by atoms with Crippen molar-refractivity contribution in [1.29, 1.82) is 0 Å². The van der Waals surface area contributed by atoms with Crippen LogP contribution in [0.15, 0.2) is 20.0 Å². The molecule has 0 aromatic rings. The molecule has 4 heterocycles. The normalized spacial score (nSPS) is 21.0. The lowest BCUT2D eigenvalue weighted by molar-refractivity contribution is 0.327. The van der Waals surface area contributed by atoms with Crippen molar-refractivity contribution in [2.75, 3.05) is 52.6 Å². The second-order valence-corrected chi connectivity index (χ2v) is 5.85. The zero-order chi connectivity index (χ0) is 17.2. The minimum absolute atomic E-state index is 0.739. The lowest BCUT2D eigenvalue weighted by Crippen LogP contribution is -2.04. The van der Waals surface area contributed by atoms with Crippen LogP contribution in [0.4, 0.5) is 0 Å². The maximum absolute atomic E-state index is 5.29. The predicted octanol–water partition coefficient (Wildman–Crippen LogP) is 1.64. The van der Waals surface area contributed by atoms with Crippen molar-refractivity contribution < 1.29 is 18.9 Å². The molecular formula is C17H26N4O4. The van der Waals surface area contributed by atoms with E-state index in [2.05, 4.69) is 20.0 Å². The number of nitrogens with zero attached hydrogens (tertiary/aromatic N) is 4. The number of hydrogen-bond donors (Lipinski definition) is 0. The molecule has 138 valence electrons. The van der Waals surface area contributed by atoms with Crippen LogP contribution < -0.4 is 0 Å². The third kappa shape index (κ3) is 6.36. The molecule has 0 amide bonds. The third-order valence-corrected chi connectivity index (χ3v) is 3.93. The van der Waals surface area contributed by atoms with Crippen LogP contribution in [-0.2, 0) is 18.9 Å². The molecular weight excluding hydrogens is 324 g/mol. The molecule has 0 aromatic heterocycles. The van der Waals surface area contributed by atoms with E-state index in [1.165, 1.54) is 0 Å². The highest BCUT2D eigenvalue weighted by Gasteiger charge is 2.12. The van der Waals surface area contributed by atoms with E-state index < -0.39 is 0 Å². The van der Waals surface area contributed by atoms with Crippen molar-refractivity contribution in [3.63, 3.8) is 0 Å². The van der Waals surface area contributed by atoms with Crippen molar-refractivity contribution >= 4 is 23.6 Å². The first-order valence-corrected chi connectivity index (χ1v) is 9.04. The van der Waals surface area contributed by atoms with Gasteiger partial charge in [0.25, 0.3) is 0 Å². The van der Waals surface area contributed by atoms with Gasteiger partial charge in [-0.2, -0.15) is 0 Å². The van der Waals surface area contributed by atoms with Gasteiger partial charge in [0.2, 0.25) is 0 Å². The molecule has 0 bridgehead atoms. The van der Waals surface area contributed by atoms with Crippen LogP contribution in [0, 0.1) is 0 Å². The Hall–Kier alpha value is -2.12. The number of rotatable bonds is 7. The zero-order valence-corrected chi connectivity index (χ0v) is 14.6. The molecule has 4 aliphatic rings. The van der Waals surface area contributed by atoms with Crippen LogP contribution in [0.25, 0.3) is 0 Å². The molecule has 0 saturated heterocycles. The highest BCUT2D eigenvalue weighted by molar-refractivity contribution is 5.84. The monoisotopic (exact) mass is 350 g/mol. The van der Waals surface area contributed by atoms with Crippen molar-refractivity contribution in [1.82, 2.24) is 0 Å². The van der Waals surface area contributed by atoms with Gasteiger partial charge >= 0.3 is 0 Å². The molecule has 8 heteroatoms. The lowest BCUT2D eigenvalue weighted by Gasteiger charge is -2.01. The summed E-state index contributed by atoms with van der Waals surface area (Å²) in [6.45, 7) is 6.26. The van der Waals surface area contributed by atoms with E-state index in [1.54, 1.807) is 0 Å². The minimum Gasteiger partial charge on any atom is -0.479 e. The molecule has 0 fully saturated rings.